The zero-order valence-corrected chi connectivity index (χ0v) is 34.9. The van der Waals surface area contributed by atoms with E-state index >= 15 is 0 Å². The summed E-state index contributed by atoms with van der Waals surface area (Å²) in [6.45, 7) is 15.0. The minimum absolute atomic E-state index is 0.0134. The van der Waals surface area contributed by atoms with E-state index in [1.165, 1.54) is 5.56 Å². The lowest BCUT2D eigenvalue weighted by Gasteiger charge is -2.48. The minimum atomic E-state index is -1.31. The lowest BCUT2D eigenvalue weighted by molar-refractivity contribution is -0.302. The molecular weight excluding hydrogens is 722 g/mol. The van der Waals surface area contributed by atoms with E-state index in [1.54, 1.807) is 20.8 Å². The highest BCUT2D eigenvalue weighted by Crippen LogP contribution is 2.42. The number of ether oxygens (including phenoxy) is 6. The average Bonchev–Trinajstić information content (AvgIpc) is 3.49. The van der Waals surface area contributed by atoms with Gasteiger partial charge in [0.2, 0.25) is 0 Å². The van der Waals surface area contributed by atoms with Gasteiger partial charge in [0.1, 0.15) is 30.3 Å². The minimum Gasteiger partial charge on any atom is -0.458 e. The molecule has 0 radical (unpaired) electrons. The SMILES string of the molecule is CC[C@H]1OC(=O)[C@H](C)[C@H]2OC/C(=N/OCCCc3ccccc3)CO[C@](C)(C[C@@H](C)C(=O)[C@H](C)[C@H]3NC(=O)O[C@]31C)[C@H](O[C@@H]1O[C@H](C)C[C@H](N(C)C)[C@H]1O)[C@H]2C. The van der Waals surface area contributed by atoms with Crippen LogP contribution in [0.5, 0.6) is 0 Å². The van der Waals surface area contributed by atoms with Crippen molar-refractivity contribution in [2.45, 2.75) is 148 Å². The highest BCUT2D eigenvalue weighted by molar-refractivity contribution is 5.87. The van der Waals surface area contributed by atoms with Crippen LogP contribution in [0.15, 0.2) is 35.5 Å². The molecule has 0 aliphatic carbocycles. The predicted octanol–water partition coefficient (Wildman–Crippen LogP) is 4.68. The van der Waals surface area contributed by atoms with E-state index in [2.05, 4.69) is 22.6 Å². The van der Waals surface area contributed by atoms with Gasteiger partial charge in [-0.25, -0.2) is 4.79 Å². The number of hydrogen-bond acceptors (Lipinski definition) is 13. The number of hydrogen-bond donors (Lipinski definition) is 2. The van der Waals surface area contributed by atoms with Crippen LogP contribution < -0.4 is 5.32 Å². The van der Waals surface area contributed by atoms with Gasteiger partial charge in [-0.2, -0.15) is 0 Å². The lowest BCUT2D eigenvalue weighted by Crippen LogP contribution is -2.60. The summed E-state index contributed by atoms with van der Waals surface area (Å²) in [5, 5.41) is 19.0. The zero-order chi connectivity index (χ0) is 40.9. The molecule has 2 bridgehead atoms. The molecule has 4 heterocycles. The number of Topliss-reactive ketones (excluding diaryl/α,β-unsaturated/α-hetero) is 1. The first-order chi connectivity index (χ1) is 26.5. The Labute approximate surface area is 332 Å². The third-order valence-electron chi connectivity index (χ3n) is 12.4. The second-order valence-corrected chi connectivity index (χ2v) is 17.1. The molecule has 56 heavy (non-hydrogen) atoms. The Bertz CT molecular complexity index is 1530. The number of benzene rings is 1. The molecule has 4 aliphatic heterocycles. The van der Waals surface area contributed by atoms with E-state index in [4.69, 9.17) is 33.3 Å². The Balaban J connectivity index is 1.54. The van der Waals surface area contributed by atoms with Crippen molar-refractivity contribution in [1.82, 2.24) is 10.2 Å². The van der Waals surface area contributed by atoms with E-state index < -0.39 is 83.7 Å². The number of aliphatic hydroxyl groups is 1. The number of carbonyl (C=O) groups excluding carboxylic acids is 3. The van der Waals surface area contributed by atoms with Crippen LogP contribution >= 0.6 is 0 Å². The summed E-state index contributed by atoms with van der Waals surface area (Å²) in [6, 6.07) is 9.13. The first kappa shape index (κ1) is 44.0. The number of oxime groups is 1. The number of esters is 1. The molecule has 4 fully saturated rings. The van der Waals surface area contributed by atoms with Gasteiger partial charge in [-0.3, -0.25) is 9.59 Å². The van der Waals surface area contributed by atoms with Gasteiger partial charge in [-0.1, -0.05) is 63.2 Å². The van der Waals surface area contributed by atoms with Crippen molar-refractivity contribution in [1.29, 1.82) is 0 Å². The van der Waals surface area contributed by atoms with Gasteiger partial charge in [-0.05, 0) is 79.5 Å². The maximum atomic E-state index is 14.5. The largest absolute Gasteiger partial charge is 0.458 e. The van der Waals surface area contributed by atoms with Crippen molar-refractivity contribution >= 4 is 23.6 Å². The number of nitrogens with zero attached hydrogens (tertiary/aromatic N) is 2. The summed E-state index contributed by atoms with van der Waals surface area (Å²) < 4.78 is 38.7. The predicted molar refractivity (Wildman–Crippen MR) is 208 cm³/mol. The quantitative estimate of drug-likeness (QED) is 0.202. The highest BCUT2D eigenvalue weighted by atomic mass is 16.7. The van der Waals surface area contributed by atoms with Crippen molar-refractivity contribution in [2.75, 3.05) is 33.9 Å². The zero-order valence-electron chi connectivity index (χ0n) is 34.9. The summed E-state index contributed by atoms with van der Waals surface area (Å²) in [7, 11) is 3.82. The van der Waals surface area contributed by atoms with Gasteiger partial charge in [0.05, 0.1) is 49.1 Å². The molecular formula is C42H65N3O11. The fourth-order valence-corrected chi connectivity index (χ4v) is 9.22. The fourth-order valence-electron chi connectivity index (χ4n) is 9.22. The number of fused-ring (bicyclic) bond motifs is 4. The van der Waals surface area contributed by atoms with Crippen LogP contribution in [-0.4, -0.2) is 128 Å². The van der Waals surface area contributed by atoms with Crippen molar-refractivity contribution < 1.29 is 52.7 Å². The van der Waals surface area contributed by atoms with Gasteiger partial charge in [0.15, 0.2) is 11.9 Å². The number of cyclic esters (lactones) is 1. The molecule has 14 nitrogen and oxygen atoms in total. The number of aryl methyl sites for hydroxylation is 1. The van der Waals surface area contributed by atoms with Crippen LogP contribution in [0.25, 0.3) is 0 Å². The number of likely N-dealkylation sites (N-methyl/N-ethyl adjacent to an activating group) is 1. The Hall–Kier alpha value is -3.14. The molecule has 314 valence electrons. The number of amides is 1. The molecule has 0 aromatic heterocycles. The maximum Gasteiger partial charge on any atom is 0.408 e. The first-order valence-corrected chi connectivity index (χ1v) is 20.3. The van der Waals surface area contributed by atoms with Gasteiger partial charge >= 0.3 is 12.1 Å². The lowest BCUT2D eigenvalue weighted by atomic mass is 9.73. The Kier molecular flexibility index (Phi) is 14.6. The third-order valence-corrected chi connectivity index (χ3v) is 12.4. The number of alkyl carbamates (subject to hydrolysis) is 1. The normalized spacial score (nSPS) is 40.8. The third kappa shape index (κ3) is 9.75. The number of nitrogens with one attached hydrogen (secondary N) is 1. The van der Waals surface area contributed by atoms with Crippen LogP contribution in [0, 0.1) is 23.7 Å². The molecule has 1 aromatic carbocycles. The maximum absolute atomic E-state index is 14.5. The summed E-state index contributed by atoms with van der Waals surface area (Å²) in [5.74, 6) is -3.43. The molecule has 2 N–H and O–H groups in total. The smallest absolute Gasteiger partial charge is 0.408 e. The molecule has 4 aliphatic rings. The summed E-state index contributed by atoms with van der Waals surface area (Å²) in [4.78, 5) is 49.3. The first-order valence-electron chi connectivity index (χ1n) is 20.3. The van der Waals surface area contributed by atoms with Crippen LogP contribution in [0.4, 0.5) is 4.79 Å². The molecule has 1 amide bonds. The van der Waals surface area contributed by atoms with Crippen molar-refractivity contribution in [3.8, 4) is 0 Å². The summed E-state index contributed by atoms with van der Waals surface area (Å²) in [6.07, 6.45) is -2.81. The molecule has 0 saturated carbocycles. The van der Waals surface area contributed by atoms with Gasteiger partial charge < -0.3 is 48.6 Å². The van der Waals surface area contributed by atoms with E-state index in [9.17, 15) is 19.5 Å². The van der Waals surface area contributed by atoms with Crippen molar-refractivity contribution in [3.63, 3.8) is 0 Å². The number of carbonyl (C=O) groups is 3. The second kappa shape index (κ2) is 18.6. The standard InChI is InChI=1S/C42H65N3O11/c1-11-32-42(8)36(43-40(49)56-42)26(4)33(46)24(2)21-41(7)37(55-39-34(47)31(45(9)10)20-25(3)53-39)27(5)35(28(6)38(48)54-32)50-22-30(23-51-41)44-52-19-15-18-29-16-13-12-14-17-29/h12-14,16-17,24-28,31-32,34-37,39,47H,11,15,18-23H2,1-10H3,(H,43,49)/b44-30-/t24-,25-,26+,27+,28-,31+,32-,34-,35+,36-,37-,39+,41-,42+/m1/s1. The summed E-state index contributed by atoms with van der Waals surface area (Å²) >= 11 is 0. The molecule has 0 unspecified atom stereocenters. The van der Waals surface area contributed by atoms with E-state index in [0.29, 0.717) is 25.2 Å². The molecule has 4 saturated heterocycles. The molecule has 5 rings (SSSR count). The number of rotatable bonds is 9. The Morgan fingerprint density at radius 3 is 2.41 bits per heavy atom. The topological polar surface area (TPSA) is 164 Å². The summed E-state index contributed by atoms with van der Waals surface area (Å²) in [5.41, 5.74) is -0.863. The van der Waals surface area contributed by atoms with Crippen LogP contribution in [0.3, 0.4) is 0 Å². The monoisotopic (exact) mass is 787 g/mol. The highest BCUT2D eigenvalue weighted by Gasteiger charge is 2.57. The van der Waals surface area contributed by atoms with E-state index in [0.717, 1.165) is 12.8 Å². The van der Waals surface area contributed by atoms with Crippen molar-refractivity contribution in [2.24, 2.45) is 28.8 Å². The Morgan fingerprint density at radius 1 is 1.02 bits per heavy atom. The number of aliphatic hydroxyl groups excluding tert-OH is 1. The molecule has 1 aromatic rings. The van der Waals surface area contributed by atoms with Crippen LogP contribution in [0.2, 0.25) is 0 Å². The molecule has 14 heteroatoms. The van der Waals surface area contributed by atoms with Gasteiger partial charge in [0, 0.05) is 23.8 Å². The van der Waals surface area contributed by atoms with E-state index in [-0.39, 0.29) is 37.6 Å². The Morgan fingerprint density at radius 2 is 1.73 bits per heavy atom. The van der Waals surface area contributed by atoms with Crippen molar-refractivity contribution in [3.05, 3.63) is 35.9 Å². The second-order valence-electron chi connectivity index (χ2n) is 17.1. The fraction of sp³-hybridized carbons (Fsp3) is 0.762. The van der Waals surface area contributed by atoms with Gasteiger partial charge in [-0.15, -0.1) is 0 Å². The van der Waals surface area contributed by atoms with Gasteiger partial charge in [0.25, 0.3) is 0 Å². The van der Waals surface area contributed by atoms with E-state index in [1.807, 2.05) is 71.8 Å². The van der Waals surface area contributed by atoms with Crippen LogP contribution in [-0.2, 0) is 49.3 Å². The molecule has 0 spiro atoms. The molecule has 14 atom stereocenters. The number of ketones is 1. The average molecular weight is 788 g/mol. The van der Waals surface area contributed by atoms with Crippen LogP contribution in [0.1, 0.15) is 86.6 Å².